The zero-order chi connectivity index (χ0) is 12.4. The molecule has 0 saturated carbocycles. The number of amides is 1. The van der Waals surface area contributed by atoms with Crippen LogP contribution in [-0.2, 0) is 4.79 Å². The zero-order valence-corrected chi connectivity index (χ0v) is 10.8. The van der Waals surface area contributed by atoms with Gasteiger partial charge in [0.2, 0.25) is 5.91 Å². The first-order valence-corrected chi connectivity index (χ1v) is 6.24. The topological polar surface area (TPSA) is 38.3 Å². The number of alkyl halides is 1. The molecule has 1 aromatic carbocycles. The fraction of sp³-hybridized carbons (Fsp3) is 0.462. The molecule has 3 nitrogen and oxygen atoms in total. The Bertz CT molecular complexity index is 445. The van der Waals surface area contributed by atoms with Crippen molar-refractivity contribution in [3.8, 4) is 5.75 Å². The summed E-state index contributed by atoms with van der Waals surface area (Å²) in [7, 11) is 0. The van der Waals surface area contributed by atoms with E-state index in [2.05, 4.69) is 17.4 Å². The van der Waals surface area contributed by atoms with Crippen LogP contribution in [0.4, 0.5) is 0 Å². The first-order valence-electron chi connectivity index (χ1n) is 5.71. The number of hydrogen-bond donors (Lipinski definition) is 1. The van der Waals surface area contributed by atoms with E-state index in [9.17, 15) is 4.79 Å². The number of rotatable bonds is 2. The van der Waals surface area contributed by atoms with E-state index < -0.39 is 0 Å². The maximum atomic E-state index is 11.4. The summed E-state index contributed by atoms with van der Waals surface area (Å²) in [4.78, 5) is 11.4. The number of hydrogen-bond acceptors (Lipinski definition) is 2. The number of carbonyl (C=O) groups excluding carboxylic acids is 1. The van der Waals surface area contributed by atoms with Gasteiger partial charge in [-0.05, 0) is 19.4 Å². The lowest BCUT2D eigenvalue weighted by atomic mass is 9.96. The van der Waals surface area contributed by atoms with Crippen molar-refractivity contribution in [2.24, 2.45) is 0 Å². The number of benzene rings is 1. The molecule has 0 spiro atoms. The Morgan fingerprint density at radius 1 is 1.53 bits per heavy atom. The van der Waals surface area contributed by atoms with Crippen molar-refractivity contribution in [3.05, 3.63) is 28.8 Å². The molecule has 92 valence electrons. The molecule has 0 fully saturated rings. The van der Waals surface area contributed by atoms with E-state index >= 15 is 0 Å². The first kappa shape index (κ1) is 12.2. The van der Waals surface area contributed by atoms with Gasteiger partial charge in [0.25, 0.3) is 0 Å². The van der Waals surface area contributed by atoms with E-state index in [4.69, 9.17) is 16.3 Å². The minimum absolute atomic E-state index is 0.00249. The SMILES string of the molecule is Cc1cc(C)c2c(c1)[C@@H](NC(=O)CCl)CCO2. The molecule has 1 aliphatic heterocycles. The van der Waals surface area contributed by atoms with Gasteiger partial charge in [-0.2, -0.15) is 0 Å². The van der Waals surface area contributed by atoms with Crippen LogP contribution < -0.4 is 10.1 Å². The number of fused-ring (bicyclic) bond motifs is 1. The Morgan fingerprint density at radius 3 is 3.00 bits per heavy atom. The van der Waals surface area contributed by atoms with E-state index in [0.717, 1.165) is 23.3 Å². The number of nitrogens with one attached hydrogen (secondary N) is 1. The standard InChI is InChI=1S/C13H16ClNO2/c1-8-5-9(2)13-10(6-8)11(3-4-17-13)15-12(16)7-14/h5-6,11H,3-4,7H2,1-2H3,(H,15,16)/t11-/m0/s1. The van der Waals surface area contributed by atoms with E-state index in [1.807, 2.05) is 13.8 Å². The van der Waals surface area contributed by atoms with Gasteiger partial charge in [0.05, 0.1) is 12.6 Å². The second-order valence-corrected chi connectivity index (χ2v) is 4.66. The summed E-state index contributed by atoms with van der Waals surface area (Å²) in [5.41, 5.74) is 3.36. The molecule has 0 saturated heterocycles. The Morgan fingerprint density at radius 2 is 2.29 bits per heavy atom. The Kier molecular flexibility index (Phi) is 3.57. The second-order valence-electron chi connectivity index (χ2n) is 4.39. The van der Waals surface area contributed by atoms with Crippen molar-refractivity contribution in [2.45, 2.75) is 26.3 Å². The van der Waals surface area contributed by atoms with Crippen molar-refractivity contribution in [1.82, 2.24) is 5.32 Å². The van der Waals surface area contributed by atoms with E-state index in [1.54, 1.807) is 0 Å². The third-order valence-electron chi connectivity index (χ3n) is 2.93. The quantitative estimate of drug-likeness (QED) is 0.823. The van der Waals surface area contributed by atoms with Crippen LogP contribution in [-0.4, -0.2) is 18.4 Å². The molecular weight excluding hydrogens is 238 g/mol. The van der Waals surface area contributed by atoms with Gasteiger partial charge in [0.15, 0.2) is 0 Å². The average Bonchev–Trinajstić information content (AvgIpc) is 2.30. The predicted molar refractivity (Wildman–Crippen MR) is 67.6 cm³/mol. The molecule has 0 radical (unpaired) electrons. The molecule has 1 heterocycles. The summed E-state index contributed by atoms with van der Waals surface area (Å²) in [6, 6.07) is 4.18. The maximum absolute atomic E-state index is 11.4. The van der Waals surface area contributed by atoms with Crippen molar-refractivity contribution >= 4 is 17.5 Å². The predicted octanol–water partition coefficient (Wildman–Crippen LogP) is 2.48. The molecule has 2 rings (SSSR count). The number of carbonyl (C=O) groups is 1. The molecule has 0 unspecified atom stereocenters. The fourth-order valence-electron chi connectivity index (χ4n) is 2.26. The van der Waals surface area contributed by atoms with Gasteiger partial charge in [-0.15, -0.1) is 11.6 Å². The van der Waals surface area contributed by atoms with Gasteiger partial charge >= 0.3 is 0 Å². The monoisotopic (exact) mass is 253 g/mol. The molecular formula is C13H16ClNO2. The summed E-state index contributed by atoms with van der Waals surface area (Å²) >= 11 is 5.52. The summed E-state index contributed by atoms with van der Waals surface area (Å²) < 4.78 is 5.67. The van der Waals surface area contributed by atoms with Crippen LogP contribution in [0.5, 0.6) is 5.75 Å². The maximum Gasteiger partial charge on any atom is 0.235 e. The fourth-order valence-corrected chi connectivity index (χ4v) is 2.34. The molecule has 0 aliphatic carbocycles. The summed E-state index contributed by atoms with van der Waals surface area (Å²) in [6.07, 6.45) is 0.790. The number of ether oxygens (including phenoxy) is 1. The van der Waals surface area contributed by atoms with Gasteiger partial charge < -0.3 is 10.1 Å². The molecule has 1 N–H and O–H groups in total. The largest absolute Gasteiger partial charge is 0.493 e. The highest BCUT2D eigenvalue weighted by molar-refractivity contribution is 6.27. The van der Waals surface area contributed by atoms with Gasteiger partial charge in [-0.3, -0.25) is 4.79 Å². The molecule has 1 amide bonds. The van der Waals surface area contributed by atoms with Crippen LogP contribution in [0.1, 0.15) is 29.2 Å². The highest BCUT2D eigenvalue weighted by atomic mass is 35.5. The van der Waals surface area contributed by atoms with Crippen molar-refractivity contribution in [3.63, 3.8) is 0 Å². The lowest BCUT2D eigenvalue weighted by molar-refractivity contribution is -0.119. The second kappa shape index (κ2) is 4.96. The normalized spacial score (nSPS) is 18.2. The van der Waals surface area contributed by atoms with Crippen LogP contribution in [0.15, 0.2) is 12.1 Å². The van der Waals surface area contributed by atoms with Crippen LogP contribution >= 0.6 is 11.6 Å². The minimum Gasteiger partial charge on any atom is -0.493 e. The Balaban J connectivity index is 2.33. The van der Waals surface area contributed by atoms with Crippen LogP contribution in [0.3, 0.4) is 0 Å². The van der Waals surface area contributed by atoms with Crippen molar-refractivity contribution in [1.29, 1.82) is 0 Å². The summed E-state index contributed by atoms with van der Waals surface area (Å²) in [5, 5.41) is 2.93. The van der Waals surface area contributed by atoms with Crippen LogP contribution in [0.25, 0.3) is 0 Å². The third kappa shape index (κ3) is 2.55. The van der Waals surface area contributed by atoms with E-state index in [-0.39, 0.29) is 17.8 Å². The first-order chi connectivity index (χ1) is 8.11. The Hall–Kier alpha value is -1.22. The van der Waals surface area contributed by atoms with Gasteiger partial charge in [0, 0.05) is 12.0 Å². The molecule has 1 atom stereocenters. The lowest BCUT2D eigenvalue weighted by Gasteiger charge is -2.28. The highest BCUT2D eigenvalue weighted by Crippen LogP contribution is 2.35. The molecule has 1 aliphatic rings. The van der Waals surface area contributed by atoms with Gasteiger partial charge in [-0.25, -0.2) is 0 Å². The van der Waals surface area contributed by atoms with Crippen LogP contribution in [0, 0.1) is 13.8 Å². The zero-order valence-electron chi connectivity index (χ0n) is 10.0. The Labute approximate surface area is 106 Å². The van der Waals surface area contributed by atoms with Gasteiger partial charge in [0.1, 0.15) is 11.6 Å². The highest BCUT2D eigenvalue weighted by Gasteiger charge is 2.24. The average molecular weight is 254 g/mol. The molecule has 0 aromatic heterocycles. The molecule has 0 bridgehead atoms. The molecule has 1 aromatic rings. The van der Waals surface area contributed by atoms with Gasteiger partial charge in [-0.1, -0.05) is 17.7 Å². The lowest BCUT2D eigenvalue weighted by Crippen LogP contribution is -2.33. The summed E-state index contributed by atoms with van der Waals surface area (Å²) in [5.74, 6) is 0.766. The minimum atomic E-state index is -0.135. The van der Waals surface area contributed by atoms with E-state index in [0.29, 0.717) is 6.61 Å². The van der Waals surface area contributed by atoms with Crippen LogP contribution in [0.2, 0.25) is 0 Å². The number of aryl methyl sites for hydroxylation is 2. The smallest absolute Gasteiger partial charge is 0.235 e. The van der Waals surface area contributed by atoms with Crippen molar-refractivity contribution < 1.29 is 9.53 Å². The summed E-state index contributed by atoms with van der Waals surface area (Å²) in [6.45, 7) is 4.70. The molecule has 17 heavy (non-hydrogen) atoms. The number of halogens is 1. The molecule has 4 heteroatoms. The van der Waals surface area contributed by atoms with Crippen molar-refractivity contribution in [2.75, 3.05) is 12.5 Å². The third-order valence-corrected chi connectivity index (χ3v) is 3.18. The van der Waals surface area contributed by atoms with E-state index in [1.165, 1.54) is 5.56 Å².